The minimum Gasteiger partial charge on any atom is -0.506 e. The Hall–Kier alpha value is -1.71. The standard InChI is InChI=1S/C19H31N5O2.HI/c1-4-15(2)22-18(26)9-10-21-19(20-3)24-13-11-23(12-14-24)16-7-5-6-8-17(16)25;/h5-8,15,25H,4,9-14H2,1-3H3,(H,20,21)(H,22,26);1H. The lowest BCUT2D eigenvalue weighted by Crippen LogP contribution is -2.53. The molecule has 2 rings (SSSR count). The highest BCUT2D eigenvalue weighted by Gasteiger charge is 2.21. The summed E-state index contributed by atoms with van der Waals surface area (Å²) in [5.41, 5.74) is 0.872. The third-order valence-corrected chi connectivity index (χ3v) is 4.67. The fourth-order valence-corrected chi connectivity index (χ4v) is 2.96. The number of aliphatic imine (C=N–C) groups is 1. The first-order valence-electron chi connectivity index (χ1n) is 9.33. The van der Waals surface area contributed by atoms with Gasteiger partial charge in [-0.15, -0.1) is 24.0 Å². The Morgan fingerprint density at radius 3 is 2.52 bits per heavy atom. The number of carbonyl (C=O) groups is 1. The van der Waals surface area contributed by atoms with E-state index in [9.17, 15) is 9.90 Å². The van der Waals surface area contributed by atoms with Gasteiger partial charge in [0, 0.05) is 52.2 Å². The molecule has 1 aromatic rings. The van der Waals surface area contributed by atoms with Crippen LogP contribution in [0.3, 0.4) is 0 Å². The van der Waals surface area contributed by atoms with Crippen molar-refractivity contribution in [3.8, 4) is 5.75 Å². The van der Waals surface area contributed by atoms with Crippen LogP contribution in [0, 0.1) is 0 Å². The number of nitrogens with zero attached hydrogens (tertiary/aromatic N) is 3. The number of halogens is 1. The van der Waals surface area contributed by atoms with Gasteiger partial charge in [0.1, 0.15) is 5.75 Å². The fraction of sp³-hybridized carbons (Fsp3) is 0.579. The zero-order valence-electron chi connectivity index (χ0n) is 16.4. The predicted octanol–water partition coefficient (Wildman–Crippen LogP) is 2.01. The van der Waals surface area contributed by atoms with Crippen molar-refractivity contribution in [1.82, 2.24) is 15.5 Å². The highest BCUT2D eigenvalue weighted by molar-refractivity contribution is 14.0. The van der Waals surface area contributed by atoms with E-state index in [1.807, 2.05) is 25.1 Å². The molecule has 0 spiro atoms. The van der Waals surface area contributed by atoms with E-state index in [0.717, 1.165) is 44.2 Å². The van der Waals surface area contributed by atoms with E-state index in [-0.39, 0.29) is 35.9 Å². The number of piperazine rings is 1. The van der Waals surface area contributed by atoms with Crippen LogP contribution in [0.15, 0.2) is 29.3 Å². The van der Waals surface area contributed by atoms with Crippen LogP contribution in [-0.2, 0) is 4.79 Å². The van der Waals surface area contributed by atoms with Crippen molar-refractivity contribution in [1.29, 1.82) is 0 Å². The highest BCUT2D eigenvalue weighted by Crippen LogP contribution is 2.27. The lowest BCUT2D eigenvalue weighted by Gasteiger charge is -2.37. The van der Waals surface area contributed by atoms with E-state index in [1.54, 1.807) is 13.1 Å². The van der Waals surface area contributed by atoms with Gasteiger partial charge in [0.05, 0.1) is 5.69 Å². The van der Waals surface area contributed by atoms with Gasteiger partial charge in [-0.1, -0.05) is 19.1 Å². The SMILES string of the molecule is CCC(C)NC(=O)CCNC(=NC)N1CCN(c2ccccc2O)CC1.I. The number of phenolic OH excluding ortho intramolecular Hbond substituents is 1. The summed E-state index contributed by atoms with van der Waals surface area (Å²) in [4.78, 5) is 20.6. The van der Waals surface area contributed by atoms with E-state index >= 15 is 0 Å². The average molecular weight is 489 g/mol. The maximum atomic E-state index is 11.9. The van der Waals surface area contributed by atoms with Crippen molar-refractivity contribution in [3.63, 3.8) is 0 Å². The fourth-order valence-electron chi connectivity index (χ4n) is 2.96. The topological polar surface area (TPSA) is 80.2 Å². The Morgan fingerprint density at radius 1 is 1.26 bits per heavy atom. The molecule has 1 aliphatic heterocycles. The van der Waals surface area contributed by atoms with Crippen LogP contribution in [-0.4, -0.2) is 67.7 Å². The number of hydrogen-bond donors (Lipinski definition) is 3. The molecule has 3 N–H and O–H groups in total. The van der Waals surface area contributed by atoms with E-state index in [4.69, 9.17) is 0 Å². The van der Waals surface area contributed by atoms with Gasteiger partial charge < -0.3 is 25.5 Å². The van der Waals surface area contributed by atoms with Gasteiger partial charge in [-0.2, -0.15) is 0 Å². The first-order chi connectivity index (χ1) is 12.5. The number of guanidine groups is 1. The molecule has 8 heteroatoms. The summed E-state index contributed by atoms with van der Waals surface area (Å²) in [6, 6.07) is 7.63. The number of hydrogen-bond acceptors (Lipinski definition) is 4. The largest absolute Gasteiger partial charge is 0.506 e. The van der Waals surface area contributed by atoms with Crippen molar-refractivity contribution in [2.24, 2.45) is 4.99 Å². The molecule has 152 valence electrons. The molecular formula is C19H32IN5O2. The molecular weight excluding hydrogens is 457 g/mol. The summed E-state index contributed by atoms with van der Waals surface area (Å²) in [6.45, 7) is 7.88. The molecule has 0 radical (unpaired) electrons. The number of para-hydroxylation sites is 2. The van der Waals surface area contributed by atoms with Crippen LogP contribution in [0.5, 0.6) is 5.75 Å². The van der Waals surface area contributed by atoms with E-state index < -0.39 is 0 Å². The molecule has 1 unspecified atom stereocenters. The Balaban J connectivity index is 0.00000364. The number of benzene rings is 1. The molecule has 27 heavy (non-hydrogen) atoms. The average Bonchev–Trinajstić information content (AvgIpc) is 2.66. The van der Waals surface area contributed by atoms with Gasteiger partial charge in [0.15, 0.2) is 5.96 Å². The van der Waals surface area contributed by atoms with Crippen LogP contribution in [0.2, 0.25) is 0 Å². The summed E-state index contributed by atoms with van der Waals surface area (Å²) in [7, 11) is 1.76. The molecule has 1 saturated heterocycles. The van der Waals surface area contributed by atoms with Crippen molar-refractivity contribution in [2.45, 2.75) is 32.7 Å². The number of carbonyl (C=O) groups excluding carboxylic acids is 1. The van der Waals surface area contributed by atoms with Crippen molar-refractivity contribution < 1.29 is 9.90 Å². The number of aromatic hydroxyl groups is 1. The number of amides is 1. The summed E-state index contributed by atoms with van der Waals surface area (Å²) >= 11 is 0. The second-order valence-corrected chi connectivity index (χ2v) is 6.56. The number of phenols is 1. The van der Waals surface area contributed by atoms with Gasteiger partial charge in [-0.25, -0.2) is 0 Å². The van der Waals surface area contributed by atoms with E-state index in [0.29, 0.717) is 18.7 Å². The molecule has 1 amide bonds. The molecule has 0 aromatic heterocycles. The van der Waals surface area contributed by atoms with Crippen LogP contribution in [0.1, 0.15) is 26.7 Å². The lowest BCUT2D eigenvalue weighted by atomic mass is 10.2. The van der Waals surface area contributed by atoms with Crippen LogP contribution in [0.25, 0.3) is 0 Å². The second-order valence-electron chi connectivity index (χ2n) is 6.56. The Morgan fingerprint density at radius 2 is 1.93 bits per heavy atom. The Kier molecular flexibility index (Phi) is 10.3. The molecule has 1 aromatic carbocycles. The van der Waals surface area contributed by atoms with Crippen LogP contribution >= 0.6 is 24.0 Å². The van der Waals surface area contributed by atoms with Crippen molar-refractivity contribution in [2.75, 3.05) is 44.7 Å². The minimum absolute atomic E-state index is 0. The third kappa shape index (κ3) is 7.08. The number of anilines is 1. The summed E-state index contributed by atoms with van der Waals surface area (Å²) < 4.78 is 0. The molecule has 0 saturated carbocycles. The summed E-state index contributed by atoms with van der Waals surface area (Å²) in [6.07, 6.45) is 1.36. The van der Waals surface area contributed by atoms with Gasteiger partial charge in [0.2, 0.25) is 5.91 Å². The molecule has 1 atom stereocenters. The van der Waals surface area contributed by atoms with Gasteiger partial charge >= 0.3 is 0 Å². The molecule has 0 bridgehead atoms. The molecule has 1 fully saturated rings. The Bertz CT molecular complexity index is 618. The quantitative estimate of drug-likeness (QED) is 0.324. The maximum absolute atomic E-state index is 11.9. The van der Waals surface area contributed by atoms with E-state index in [2.05, 4.69) is 32.3 Å². The van der Waals surface area contributed by atoms with Crippen molar-refractivity contribution >= 4 is 41.5 Å². The first kappa shape index (κ1) is 23.3. The van der Waals surface area contributed by atoms with Crippen molar-refractivity contribution in [3.05, 3.63) is 24.3 Å². The molecule has 1 aliphatic rings. The zero-order valence-corrected chi connectivity index (χ0v) is 18.8. The third-order valence-electron chi connectivity index (χ3n) is 4.67. The second kappa shape index (κ2) is 11.9. The maximum Gasteiger partial charge on any atom is 0.221 e. The minimum atomic E-state index is 0. The van der Waals surface area contributed by atoms with Gasteiger partial charge in [0.25, 0.3) is 0 Å². The summed E-state index contributed by atoms with van der Waals surface area (Å²) in [5, 5.41) is 16.2. The molecule has 0 aliphatic carbocycles. The van der Waals surface area contributed by atoms with E-state index in [1.165, 1.54) is 0 Å². The summed E-state index contributed by atoms with van der Waals surface area (Å²) in [5.74, 6) is 1.20. The Labute approximate surface area is 179 Å². The number of rotatable bonds is 6. The molecule has 1 heterocycles. The molecule has 7 nitrogen and oxygen atoms in total. The van der Waals surface area contributed by atoms with Gasteiger partial charge in [-0.3, -0.25) is 9.79 Å². The highest BCUT2D eigenvalue weighted by atomic mass is 127. The van der Waals surface area contributed by atoms with Gasteiger partial charge in [-0.05, 0) is 25.5 Å². The number of nitrogens with one attached hydrogen (secondary N) is 2. The smallest absolute Gasteiger partial charge is 0.221 e. The lowest BCUT2D eigenvalue weighted by molar-refractivity contribution is -0.121. The first-order valence-corrected chi connectivity index (χ1v) is 9.33. The normalized spacial score (nSPS) is 15.7. The predicted molar refractivity (Wildman–Crippen MR) is 121 cm³/mol. The monoisotopic (exact) mass is 489 g/mol. The van der Waals surface area contributed by atoms with Crippen LogP contribution in [0.4, 0.5) is 5.69 Å². The van der Waals surface area contributed by atoms with Crippen LogP contribution < -0.4 is 15.5 Å². The zero-order chi connectivity index (χ0) is 18.9.